The molecule has 174 valence electrons. The second-order valence-electron chi connectivity index (χ2n) is 7.23. The van der Waals surface area contributed by atoms with Gasteiger partial charge < -0.3 is 19.1 Å². The number of nitriles is 1. The number of thiazole rings is 1. The van der Waals surface area contributed by atoms with Crippen molar-refractivity contribution in [1.29, 1.82) is 5.26 Å². The van der Waals surface area contributed by atoms with Crippen LogP contribution in [0.25, 0.3) is 16.3 Å². The van der Waals surface area contributed by atoms with Crippen LogP contribution < -0.4 is 4.90 Å². The molecule has 0 spiro atoms. The van der Waals surface area contributed by atoms with Gasteiger partial charge in [-0.3, -0.25) is 0 Å². The van der Waals surface area contributed by atoms with Crippen LogP contribution in [0.1, 0.15) is 30.7 Å². The van der Waals surface area contributed by atoms with E-state index in [1.807, 2.05) is 43.3 Å². The van der Waals surface area contributed by atoms with Gasteiger partial charge in [0, 0.05) is 32.3 Å². The number of hydrogen-bond acceptors (Lipinski definition) is 8. The number of esters is 1. The molecule has 7 nitrogen and oxygen atoms in total. The number of alkyl halides is 1. The predicted octanol–water partition coefficient (Wildman–Crippen LogP) is 4.64. The van der Waals surface area contributed by atoms with Crippen molar-refractivity contribution in [3.05, 3.63) is 28.8 Å². The van der Waals surface area contributed by atoms with Crippen LogP contribution in [0.3, 0.4) is 0 Å². The second kappa shape index (κ2) is 14.8. The monoisotopic (exact) mass is 479 g/mol. The van der Waals surface area contributed by atoms with Gasteiger partial charge in [-0.05, 0) is 37.1 Å². The van der Waals surface area contributed by atoms with E-state index in [1.165, 1.54) is 17.4 Å². The third kappa shape index (κ3) is 9.13. The van der Waals surface area contributed by atoms with Gasteiger partial charge in [0.15, 0.2) is 0 Å². The van der Waals surface area contributed by atoms with Crippen molar-refractivity contribution in [2.75, 3.05) is 57.9 Å². The van der Waals surface area contributed by atoms with Gasteiger partial charge in [-0.25, -0.2) is 9.78 Å². The van der Waals surface area contributed by atoms with Crippen molar-refractivity contribution in [2.24, 2.45) is 0 Å². The van der Waals surface area contributed by atoms with E-state index in [2.05, 4.69) is 4.98 Å². The van der Waals surface area contributed by atoms with Gasteiger partial charge in [0.2, 0.25) is 0 Å². The van der Waals surface area contributed by atoms with Crippen LogP contribution in [0.5, 0.6) is 0 Å². The van der Waals surface area contributed by atoms with Gasteiger partial charge in [-0.15, -0.1) is 22.9 Å². The van der Waals surface area contributed by atoms with Crippen molar-refractivity contribution in [1.82, 2.24) is 4.98 Å². The number of anilines is 1. The van der Waals surface area contributed by atoms with Crippen molar-refractivity contribution >= 4 is 50.9 Å². The topological polar surface area (TPSA) is 84.7 Å². The molecule has 0 aliphatic heterocycles. The van der Waals surface area contributed by atoms with Gasteiger partial charge in [0.05, 0.1) is 30.0 Å². The average Bonchev–Trinajstić information content (AvgIpc) is 3.19. The SMILES string of the molecule is CN(C)c1ccc2nc(/C=C(\C#N)C(=O)OCCOCCOCCCCCCCl)sc2c1. The van der Waals surface area contributed by atoms with E-state index in [-0.39, 0.29) is 18.8 Å². The van der Waals surface area contributed by atoms with Gasteiger partial charge in [0.1, 0.15) is 23.3 Å². The first kappa shape index (κ1) is 26.1. The van der Waals surface area contributed by atoms with E-state index in [0.29, 0.717) is 30.7 Å². The molecule has 0 radical (unpaired) electrons. The lowest BCUT2D eigenvalue weighted by Gasteiger charge is -2.11. The summed E-state index contributed by atoms with van der Waals surface area (Å²) in [6.07, 6.45) is 5.77. The number of carbonyl (C=O) groups is 1. The third-order valence-corrected chi connectivity index (χ3v) is 5.75. The molecule has 9 heteroatoms. The lowest BCUT2D eigenvalue weighted by Crippen LogP contribution is -2.14. The zero-order valence-electron chi connectivity index (χ0n) is 18.6. The summed E-state index contributed by atoms with van der Waals surface area (Å²) < 4.78 is 17.0. The van der Waals surface area contributed by atoms with Crippen molar-refractivity contribution in [2.45, 2.75) is 25.7 Å². The summed E-state index contributed by atoms with van der Waals surface area (Å²) in [6.45, 7) is 1.96. The minimum atomic E-state index is -0.683. The summed E-state index contributed by atoms with van der Waals surface area (Å²) in [7, 11) is 3.94. The fourth-order valence-corrected chi connectivity index (χ4v) is 3.91. The maximum absolute atomic E-state index is 12.2. The van der Waals surface area contributed by atoms with Crippen LogP contribution in [0.15, 0.2) is 23.8 Å². The van der Waals surface area contributed by atoms with Gasteiger partial charge in [-0.1, -0.05) is 12.8 Å². The fraction of sp³-hybridized carbons (Fsp3) is 0.522. The predicted molar refractivity (Wildman–Crippen MR) is 129 cm³/mol. The number of ether oxygens (including phenoxy) is 3. The summed E-state index contributed by atoms with van der Waals surface area (Å²) in [5.74, 6) is 0.0302. The molecule has 0 atom stereocenters. The minimum absolute atomic E-state index is 0.0717. The van der Waals surface area contributed by atoms with Crippen molar-refractivity contribution in [3.63, 3.8) is 0 Å². The number of benzene rings is 1. The molecule has 1 aromatic heterocycles. The summed E-state index contributed by atoms with van der Waals surface area (Å²) in [6, 6.07) is 7.82. The van der Waals surface area contributed by atoms with Crippen LogP contribution in [0.2, 0.25) is 0 Å². The Bertz CT molecular complexity index is 924. The van der Waals surface area contributed by atoms with E-state index in [0.717, 1.165) is 41.6 Å². The summed E-state index contributed by atoms with van der Waals surface area (Å²) >= 11 is 7.05. The molecule has 0 amide bonds. The molecule has 0 saturated carbocycles. The molecule has 0 bridgehead atoms. The molecule has 0 aliphatic rings. The first-order valence-corrected chi connectivity index (χ1v) is 12.0. The third-order valence-electron chi connectivity index (χ3n) is 4.52. The normalized spacial score (nSPS) is 11.5. The van der Waals surface area contributed by atoms with Gasteiger partial charge in [-0.2, -0.15) is 5.26 Å². The van der Waals surface area contributed by atoms with Crippen LogP contribution in [-0.4, -0.2) is 64.0 Å². The molecule has 0 aliphatic carbocycles. The number of rotatable bonds is 15. The lowest BCUT2D eigenvalue weighted by molar-refractivity contribution is -0.140. The zero-order chi connectivity index (χ0) is 23.2. The maximum atomic E-state index is 12.2. The first-order valence-electron chi connectivity index (χ1n) is 10.6. The Labute approximate surface area is 198 Å². The Hall–Kier alpha value is -2.18. The van der Waals surface area contributed by atoms with Gasteiger partial charge in [0.25, 0.3) is 0 Å². The number of halogens is 1. The maximum Gasteiger partial charge on any atom is 0.349 e. The minimum Gasteiger partial charge on any atom is -0.459 e. The van der Waals surface area contributed by atoms with Crippen LogP contribution >= 0.6 is 22.9 Å². The molecule has 0 N–H and O–H groups in total. The van der Waals surface area contributed by atoms with Crippen molar-refractivity contribution < 1.29 is 19.0 Å². The van der Waals surface area contributed by atoms with Crippen LogP contribution in [0.4, 0.5) is 5.69 Å². The van der Waals surface area contributed by atoms with E-state index >= 15 is 0 Å². The molecule has 0 unspecified atom stereocenters. The Morgan fingerprint density at radius 1 is 1.12 bits per heavy atom. The van der Waals surface area contributed by atoms with E-state index in [9.17, 15) is 10.1 Å². The molecule has 1 heterocycles. The first-order chi connectivity index (χ1) is 15.5. The highest BCUT2D eigenvalue weighted by Crippen LogP contribution is 2.27. The molecule has 0 fully saturated rings. The highest BCUT2D eigenvalue weighted by molar-refractivity contribution is 7.19. The van der Waals surface area contributed by atoms with Crippen LogP contribution in [-0.2, 0) is 19.0 Å². The van der Waals surface area contributed by atoms with Crippen molar-refractivity contribution in [3.8, 4) is 6.07 Å². The molecule has 2 rings (SSSR count). The number of carbonyl (C=O) groups excluding carboxylic acids is 1. The zero-order valence-corrected chi connectivity index (χ0v) is 20.2. The Morgan fingerprint density at radius 3 is 2.56 bits per heavy atom. The van der Waals surface area contributed by atoms with Crippen LogP contribution in [0, 0.1) is 11.3 Å². The summed E-state index contributed by atoms with van der Waals surface area (Å²) in [4.78, 5) is 18.7. The smallest absolute Gasteiger partial charge is 0.349 e. The van der Waals surface area contributed by atoms with E-state index in [1.54, 1.807) is 0 Å². The fourth-order valence-electron chi connectivity index (χ4n) is 2.78. The Balaban J connectivity index is 1.69. The molecule has 1 aromatic carbocycles. The average molecular weight is 480 g/mol. The largest absolute Gasteiger partial charge is 0.459 e. The molecule has 2 aromatic rings. The van der Waals surface area contributed by atoms with Gasteiger partial charge >= 0.3 is 5.97 Å². The molecule has 32 heavy (non-hydrogen) atoms. The standard InChI is InChI=1S/C23H30ClN3O4S/c1-27(2)19-7-8-20-21(16-19)32-22(26-20)15-18(17-25)23(28)31-14-13-30-12-11-29-10-6-4-3-5-9-24/h7-8,15-16H,3-6,9-14H2,1-2H3/b18-15+. The number of aromatic nitrogens is 1. The Morgan fingerprint density at radius 2 is 1.84 bits per heavy atom. The number of hydrogen-bond donors (Lipinski definition) is 0. The van der Waals surface area contributed by atoms with E-state index in [4.69, 9.17) is 25.8 Å². The number of fused-ring (bicyclic) bond motifs is 1. The number of nitrogens with zero attached hydrogens (tertiary/aromatic N) is 3. The quantitative estimate of drug-likeness (QED) is 0.121. The summed E-state index contributed by atoms with van der Waals surface area (Å²) in [5, 5.41) is 9.92. The van der Waals surface area contributed by atoms with E-state index < -0.39 is 5.97 Å². The molecular formula is C23H30ClN3O4S. The summed E-state index contributed by atoms with van der Waals surface area (Å²) in [5.41, 5.74) is 1.79. The highest BCUT2D eigenvalue weighted by Gasteiger charge is 2.13. The highest BCUT2D eigenvalue weighted by atomic mass is 35.5. The second-order valence-corrected chi connectivity index (χ2v) is 8.67. The lowest BCUT2D eigenvalue weighted by atomic mass is 10.2. The number of unbranched alkanes of at least 4 members (excludes halogenated alkanes) is 3. The molecule has 0 saturated heterocycles. The Kier molecular flexibility index (Phi) is 12.1. The molecular weight excluding hydrogens is 450 g/mol.